The maximum absolute atomic E-state index is 9.78. The fraction of sp³-hybridized carbons (Fsp3) is 0.600. The summed E-state index contributed by atoms with van der Waals surface area (Å²) in [5.74, 6) is 1.13. The second-order valence-corrected chi connectivity index (χ2v) is 3.47. The number of hydrogen-bond acceptors (Lipinski definition) is 3. The van der Waals surface area contributed by atoms with Crippen LogP contribution < -0.4 is 0 Å². The number of furan rings is 1. The van der Waals surface area contributed by atoms with Crippen molar-refractivity contribution in [3.05, 3.63) is 24.2 Å². The van der Waals surface area contributed by atoms with Gasteiger partial charge in [0.25, 0.3) is 0 Å². The van der Waals surface area contributed by atoms with Crippen molar-refractivity contribution < 1.29 is 14.3 Å². The summed E-state index contributed by atoms with van der Waals surface area (Å²) in [4.78, 5) is 0. The largest absolute Gasteiger partial charge is 0.469 e. The lowest BCUT2D eigenvalue weighted by Gasteiger charge is -2.14. The van der Waals surface area contributed by atoms with Gasteiger partial charge in [-0.15, -0.1) is 0 Å². The lowest BCUT2D eigenvalue weighted by atomic mass is 9.98. The molecule has 2 heterocycles. The van der Waals surface area contributed by atoms with Gasteiger partial charge in [0, 0.05) is 18.9 Å². The van der Waals surface area contributed by atoms with Gasteiger partial charge in [-0.25, -0.2) is 0 Å². The molecule has 13 heavy (non-hydrogen) atoms. The van der Waals surface area contributed by atoms with Crippen molar-refractivity contribution in [1.29, 1.82) is 0 Å². The molecular weight excluding hydrogens is 168 g/mol. The Morgan fingerprint density at radius 3 is 3.15 bits per heavy atom. The second-order valence-electron chi connectivity index (χ2n) is 3.47. The van der Waals surface area contributed by atoms with E-state index in [-0.39, 0.29) is 12.0 Å². The molecule has 3 heteroatoms. The van der Waals surface area contributed by atoms with Gasteiger partial charge in [0.05, 0.1) is 19.0 Å². The van der Waals surface area contributed by atoms with Crippen LogP contribution in [0.15, 0.2) is 22.8 Å². The average molecular weight is 182 g/mol. The highest BCUT2D eigenvalue weighted by molar-refractivity contribution is 5.00. The summed E-state index contributed by atoms with van der Waals surface area (Å²) in [5, 5.41) is 9.78. The molecule has 1 saturated heterocycles. The summed E-state index contributed by atoms with van der Waals surface area (Å²) in [6.45, 7) is 1.46. The molecule has 1 aliphatic rings. The van der Waals surface area contributed by atoms with Crippen LogP contribution in [0.3, 0.4) is 0 Å². The molecule has 1 aromatic heterocycles. The van der Waals surface area contributed by atoms with Gasteiger partial charge in [-0.2, -0.15) is 0 Å². The molecule has 1 aliphatic heterocycles. The van der Waals surface area contributed by atoms with E-state index in [1.54, 1.807) is 6.26 Å². The molecule has 2 atom stereocenters. The van der Waals surface area contributed by atoms with Gasteiger partial charge in [0.2, 0.25) is 0 Å². The third-order valence-corrected chi connectivity index (χ3v) is 2.50. The number of rotatable bonds is 3. The van der Waals surface area contributed by atoms with E-state index in [4.69, 9.17) is 9.15 Å². The van der Waals surface area contributed by atoms with Gasteiger partial charge < -0.3 is 14.3 Å². The summed E-state index contributed by atoms with van der Waals surface area (Å²) in [5.41, 5.74) is 0. The Hall–Kier alpha value is -0.800. The molecule has 1 aromatic rings. The highest BCUT2D eigenvalue weighted by Crippen LogP contribution is 2.19. The molecule has 3 nitrogen and oxygen atoms in total. The molecule has 2 unspecified atom stereocenters. The van der Waals surface area contributed by atoms with Crippen molar-refractivity contribution in [2.45, 2.75) is 18.9 Å². The van der Waals surface area contributed by atoms with Gasteiger partial charge in [-0.3, -0.25) is 0 Å². The highest BCUT2D eigenvalue weighted by atomic mass is 16.5. The van der Waals surface area contributed by atoms with Crippen molar-refractivity contribution in [3.63, 3.8) is 0 Å². The molecule has 72 valence electrons. The van der Waals surface area contributed by atoms with Crippen molar-refractivity contribution in [2.24, 2.45) is 5.92 Å². The van der Waals surface area contributed by atoms with Gasteiger partial charge >= 0.3 is 0 Å². The second kappa shape index (κ2) is 3.94. The SMILES string of the molecule is OC(Cc1ccco1)C1CCOC1. The van der Waals surface area contributed by atoms with Gasteiger partial charge in [-0.05, 0) is 18.6 Å². The first-order valence-electron chi connectivity index (χ1n) is 4.64. The van der Waals surface area contributed by atoms with Gasteiger partial charge in [0.1, 0.15) is 5.76 Å². The fourth-order valence-corrected chi connectivity index (χ4v) is 1.66. The number of ether oxygens (including phenoxy) is 1. The first-order chi connectivity index (χ1) is 6.36. The van der Waals surface area contributed by atoms with E-state index >= 15 is 0 Å². The molecule has 0 spiro atoms. The molecule has 1 fully saturated rings. The molecule has 2 rings (SSSR count). The molecule has 0 amide bonds. The standard InChI is InChI=1S/C10H14O3/c11-10(8-3-5-12-7-8)6-9-2-1-4-13-9/h1-2,4,8,10-11H,3,5-7H2. The Balaban J connectivity index is 1.87. The molecule has 0 bridgehead atoms. The fourth-order valence-electron chi connectivity index (χ4n) is 1.66. The monoisotopic (exact) mass is 182 g/mol. The third-order valence-electron chi connectivity index (χ3n) is 2.50. The van der Waals surface area contributed by atoms with Crippen LogP contribution in [-0.2, 0) is 11.2 Å². The number of aliphatic hydroxyl groups excluding tert-OH is 1. The van der Waals surface area contributed by atoms with E-state index in [9.17, 15) is 5.11 Å². The van der Waals surface area contributed by atoms with Crippen LogP contribution in [0.2, 0.25) is 0 Å². The molecule has 1 N–H and O–H groups in total. The summed E-state index contributed by atoms with van der Waals surface area (Å²) < 4.78 is 10.4. The Morgan fingerprint density at radius 1 is 1.62 bits per heavy atom. The van der Waals surface area contributed by atoms with E-state index in [0.717, 1.165) is 18.8 Å². The minimum absolute atomic E-state index is 0.282. The van der Waals surface area contributed by atoms with Crippen molar-refractivity contribution >= 4 is 0 Å². The normalized spacial score (nSPS) is 24.8. The van der Waals surface area contributed by atoms with Crippen molar-refractivity contribution in [1.82, 2.24) is 0 Å². The van der Waals surface area contributed by atoms with E-state index in [1.165, 1.54) is 0 Å². The number of aliphatic hydroxyl groups is 1. The minimum atomic E-state index is -0.325. The predicted molar refractivity (Wildman–Crippen MR) is 47.3 cm³/mol. The molecule has 0 aromatic carbocycles. The zero-order chi connectivity index (χ0) is 9.10. The first kappa shape index (κ1) is 8.78. The Morgan fingerprint density at radius 2 is 2.54 bits per heavy atom. The third kappa shape index (κ3) is 2.11. The van der Waals surface area contributed by atoms with E-state index in [0.29, 0.717) is 13.0 Å². The minimum Gasteiger partial charge on any atom is -0.469 e. The van der Waals surface area contributed by atoms with Crippen molar-refractivity contribution in [2.75, 3.05) is 13.2 Å². The summed E-state index contributed by atoms with van der Waals surface area (Å²) in [6, 6.07) is 3.73. The zero-order valence-electron chi connectivity index (χ0n) is 7.48. The van der Waals surface area contributed by atoms with E-state index < -0.39 is 0 Å². The highest BCUT2D eigenvalue weighted by Gasteiger charge is 2.24. The van der Waals surface area contributed by atoms with Crippen LogP contribution in [0, 0.1) is 5.92 Å². The molecule has 0 aliphatic carbocycles. The van der Waals surface area contributed by atoms with Crippen LogP contribution in [-0.4, -0.2) is 24.4 Å². The molecular formula is C10H14O3. The maximum Gasteiger partial charge on any atom is 0.106 e. The first-order valence-corrected chi connectivity index (χ1v) is 4.64. The maximum atomic E-state index is 9.78. The smallest absolute Gasteiger partial charge is 0.106 e. The summed E-state index contributed by atoms with van der Waals surface area (Å²) >= 11 is 0. The lowest BCUT2D eigenvalue weighted by molar-refractivity contribution is 0.0877. The number of hydrogen-bond donors (Lipinski definition) is 1. The Bertz CT molecular complexity index is 237. The van der Waals surface area contributed by atoms with Gasteiger partial charge in [0.15, 0.2) is 0 Å². The average Bonchev–Trinajstić information content (AvgIpc) is 2.74. The lowest BCUT2D eigenvalue weighted by Crippen LogP contribution is -2.22. The Labute approximate surface area is 77.3 Å². The molecule has 0 radical (unpaired) electrons. The van der Waals surface area contributed by atoms with Crippen LogP contribution >= 0.6 is 0 Å². The van der Waals surface area contributed by atoms with E-state index in [2.05, 4.69) is 0 Å². The quantitative estimate of drug-likeness (QED) is 0.764. The topological polar surface area (TPSA) is 42.6 Å². The van der Waals surface area contributed by atoms with Crippen LogP contribution in [0.5, 0.6) is 0 Å². The Kier molecular flexibility index (Phi) is 2.66. The zero-order valence-corrected chi connectivity index (χ0v) is 7.48. The van der Waals surface area contributed by atoms with Crippen molar-refractivity contribution in [3.8, 4) is 0 Å². The molecule has 0 saturated carbocycles. The summed E-state index contributed by atoms with van der Waals surface area (Å²) in [6.07, 6.45) is 2.87. The van der Waals surface area contributed by atoms with Crippen LogP contribution in [0.25, 0.3) is 0 Å². The van der Waals surface area contributed by atoms with Crippen LogP contribution in [0.4, 0.5) is 0 Å². The summed E-state index contributed by atoms with van der Waals surface area (Å²) in [7, 11) is 0. The van der Waals surface area contributed by atoms with E-state index in [1.807, 2.05) is 12.1 Å². The van der Waals surface area contributed by atoms with Crippen LogP contribution in [0.1, 0.15) is 12.2 Å². The van der Waals surface area contributed by atoms with Gasteiger partial charge in [-0.1, -0.05) is 0 Å². The predicted octanol–water partition coefficient (Wildman–Crippen LogP) is 1.22.